The summed E-state index contributed by atoms with van der Waals surface area (Å²) in [6.07, 6.45) is 10.4. The normalized spacial score (nSPS) is 28.2. The number of allylic oxidation sites excluding steroid dienone is 2. The van der Waals surface area contributed by atoms with Gasteiger partial charge in [-0.25, -0.2) is 0 Å². The zero-order chi connectivity index (χ0) is 29.6. The molecule has 5 rings (SSSR count). The minimum absolute atomic E-state index is 0.0351. The van der Waals surface area contributed by atoms with Crippen LogP contribution in [-0.2, 0) is 19.1 Å². The molecule has 1 N–H and O–H groups in total. The lowest BCUT2D eigenvalue weighted by Crippen LogP contribution is -2.49. The average Bonchev–Trinajstić information content (AvgIpc) is 3.66. The van der Waals surface area contributed by atoms with Gasteiger partial charge < -0.3 is 19.7 Å². The van der Waals surface area contributed by atoms with Crippen molar-refractivity contribution in [2.24, 2.45) is 23.7 Å². The Labute approximate surface area is 251 Å². The van der Waals surface area contributed by atoms with E-state index in [0.29, 0.717) is 13.1 Å². The van der Waals surface area contributed by atoms with Gasteiger partial charge in [-0.1, -0.05) is 24.3 Å². The number of amides is 1. The summed E-state index contributed by atoms with van der Waals surface area (Å²) in [5.74, 6) is 0.348. The van der Waals surface area contributed by atoms with Crippen molar-refractivity contribution in [3.63, 3.8) is 0 Å². The molecule has 4 aliphatic rings. The number of nitrogens with zero attached hydrogens (tertiary/aromatic N) is 2. The number of ketones is 2. The van der Waals surface area contributed by atoms with Crippen LogP contribution in [0.15, 0.2) is 36.4 Å². The van der Waals surface area contributed by atoms with Crippen molar-refractivity contribution in [3.05, 3.63) is 36.4 Å². The number of carbonyl (C=O) groups is 3. The SMILES string of the molecule is C/C=C/CCCC(CCCNC(=O)CN1CCN(c2ccccc2OC(C)C)CC1)C1C(=O)C2C3CCC(O3)C2C1=O. The van der Waals surface area contributed by atoms with Crippen LogP contribution in [0.2, 0.25) is 0 Å². The Morgan fingerprint density at radius 2 is 1.69 bits per heavy atom. The molecule has 230 valence electrons. The number of piperazine rings is 1. The average molecular weight is 580 g/mol. The Balaban J connectivity index is 1.07. The molecule has 42 heavy (non-hydrogen) atoms. The van der Waals surface area contributed by atoms with Gasteiger partial charge in [0.2, 0.25) is 5.91 Å². The standard InChI is InChI=1S/C34H49N3O5/c1-4-5-6-7-11-24(30-33(39)31-27-15-16-28(42-27)32(31)34(30)40)12-10-17-35-29(38)22-36-18-20-37(21-19-36)25-13-8-9-14-26(25)41-23(2)3/h4-5,8-9,13-14,23-24,27-28,30-32H,6-7,10-12,15-22H2,1-3H3,(H,35,38)/b5-4+. The lowest BCUT2D eigenvalue weighted by Gasteiger charge is -2.36. The second kappa shape index (κ2) is 14.2. The molecule has 0 aromatic heterocycles. The molecule has 8 nitrogen and oxygen atoms in total. The summed E-state index contributed by atoms with van der Waals surface area (Å²) in [5.41, 5.74) is 1.11. The minimum atomic E-state index is -0.485. The van der Waals surface area contributed by atoms with E-state index in [1.807, 2.05) is 39.0 Å². The number of hydrogen-bond donors (Lipinski definition) is 1. The molecular weight excluding hydrogens is 530 g/mol. The molecule has 1 aliphatic carbocycles. The lowest BCUT2D eigenvalue weighted by molar-refractivity contribution is -0.133. The summed E-state index contributed by atoms with van der Waals surface area (Å²) in [6, 6.07) is 8.16. The quantitative estimate of drug-likeness (QED) is 0.198. The van der Waals surface area contributed by atoms with Crippen LogP contribution in [0.1, 0.15) is 65.7 Å². The van der Waals surface area contributed by atoms with Crippen LogP contribution in [0.3, 0.4) is 0 Å². The second-order valence-electron chi connectivity index (χ2n) is 12.8. The van der Waals surface area contributed by atoms with E-state index in [4.69, 9.17) is 9.47 Å². The number of rotatable bonds is 14. The van der Waals surface area contributed by atoms with Crippen LogP contribution in [0.25, 0.3) is 0 Å². The van der Waals surface area contributed by atoms with Crippen molar-refractivity contribution >= 4 is 23.2 Å². The van der Waals surface area contributed by atoms with Gasteiger partial charge in [0, 0.05) is 32.7 Å². The van der Waals surface area contributed by atoms with Crippen molar-refractivity contribution in [1.82, 2.24) is 10.2 Å². The number of nitrogens with one attached hydrogen (secondary N) is 1. The van der Waals surface area contributed by atoms with E-state index in [0.717, 1.165) is 82.6 Å². The van der Waals surface area contributed by atoms with Crippen molar-refractivity contribution in [1.29, 1.82) is 0 Å². The predicted molar refractivity (Wildman–Crippen MR) is 164 cm³/mol. The molecule has 3 heterocycles. The van der Waals surface area contributed by atoms with Crippen LogP contribution in [0.5, 0.6) is 5.75 Å². The Morgan fingerprint density at radius 1 is 1.02 bits per heavy atom. The first-order valence-corrected chi connectivity index (χ1v) is 16.2. The molecule has 5 atom stereocenters. The summed E-state index contributed by atoms with van der Waals surface area (Å²) < 4.78 is 11.9. The number of anilines is 1. The number of benzene rings is 1. The van der Waals surface area contributed by atoms with E-state index in [9.17, 15) is 14.4 Å². The molecule has 1 aromatic rings. The van der Waals surface area contributed by atoms with Gasteiger partial charge in [0.15, 0.2) is 0 Å². The molecule has 4 fully saturated rings. The van der Waals surface area contributed by atoms with Crippen LogP contribution in [-0.4, -0.2) is 80.0 Å². The van der Waals surface area contributed by atoms with E-state index in [-0.39, 0.29) is 53.5 Å². The molecule has 8 heteroatoms. The molecule has 2 bridgehead atoms. The maximum absolute atomic E-state index is 13.5. The predicted octanol–water partition coefficient (Wildman–Crippen LogP) is 4.42. The Kier molecular flexibility index (Phi) is 10.4. The number of Topliss-reactive ketones (excluding diaryl/α,β-unsaturated/α-hetero) is 2. The van der Waals surface area contributed by atoms with Crippen LogP contribution in [0, 0.1) is 23.7 Å². The number of fused-ring (bicyclic) bond motifs is 5. The first-order chi connectivity index (χ1) is 20.4. The van der Waals surface area contributed by atoms with Gasteiger partial charge in [-0.05, 0) is 83.8 Å². The highest BCUT2D eigenvalue weighted by Crippen LogP contribution is 2.52. The zero-order valence-electron chi connectivity index (χ0n) is 25.6. The lowest BCUT2D eigenvalue weighted by atomic mass is 9.81. The monoisotopic (exact) mass is 579 g/mol. The third-order valence-corrected chi connectivity index (χ3v) is 9.58. The van der Waals surface area contributed by atoms with E-state index >= 15 is 0 Å². The van der Waals surface area contributed by atoms with E-state index in [1.165, 1.54) is 0 Å². The van der Waals surface area contributed by atoms with Gasteiger partial charge in [0.05, 0.1) is 48.3 Å². The molecule has 1 amide bonds. The van der Waals surface area contributed by atoms with Crippen molar-refractivity contribution in [2.75, 3.05) is 44.2 Å². The maximum Gasteiger partial charge on any atom is 0.234 e. The Morgan fingerprint density at radius 3 is 2.36 bits per heavy atom. The summed E-state index contributed by atoms with van der Waals surface area (Å²) in [4.78, 5) is 44.2. The topological polar surface area (TPSA) is 88.2 Å². The molecule has 3 saturated heterocycles. The first kappa shape index (κ1) is 30.7. The van der Waals surface area contributed by atoms with Gasteiger partial charge in [-0.15, -0.1) is 0 Å². The van der Waals surface area contributed by atoms with Crippen LogP contribution in [0.4, 0.5) is 5.69 Å². The van der Waals surface area contributed by atoms with Crippen molar-refractivity contribution in [3.8, 4) is 5.75 Å². The van der Waals surface area contributed by atoms with E-state index < -0.39 is 5.92 Å². The number of carbonyl (C=O) groups excluding carboxylic acids is 3. The largest absolute Gasteiger partial charge is 0.489 e. The van der Waals surface area contributed by atoms with Crippen LogP contribution < -0.4 is 15.0 Å². The number of ether oxygens (including phenoxy) is 2. The third kappa shape index (κ3) is 6.91. The minimum Gasteiger partial charge on any atom is -0.489 e. The molecule has 1 aromatic carbocycles. The molecule has 3 aliphatic heterocycles. The highest BCUT2D eigenvalue weighted by atomic mass is 16.5. The fourth-order valence-corrected chi connectivity index (χ4v) is 7.63. The van der Waals surface area contributed by atoms with Crippen LogP contribution >= 0.6 is 0 Å². The summed E-state index contributed by atoms with van der Waals surface area (Å²) >= 11 is 0. The fraction of sp³-hybridized carbons (Fsp3) is 0.676. The van der Waals surface area contributed by atoms with Gasteiger partial charge in [0.1, 0.15) is 17.3 Å². The number of unbranched alkanes of at least 4 members (excludes halogenated alkanes) is 1. The van der Waals surface area contributed by atoms with Gasteiger partial charge in [-0.2, -0.15) is 0 Å². The highest BCUT2D eigenvalue weighted by Gasteiger charge is 2.63. The molecule has 5 unspecified atom stereocenters. The fourth-order valence-electron chi connectivity index (χ4n) is 7.63. The zero-order valence-corrected chi connectivity index (χ0v) is 25.6. The molecule has 1 saturated carbocycles. The molecular formula is C34H49N3O5. The molecule has 0 spiro atoms. The summed E-state index contributed by atoms with van der Waals surface area (Å²) in [7, 11) is 0. The van der Waals surface area contributed by atoms with E-state index in [2.05, 4.69) is 33.3 Å². The number of hydrogen-bond acceptors (Lipinski definition) is 7. The Bertz CT molecular complexity index is 1100. The summed E-state index contributed by atoms with van der Waals surface area (Å²) in [5, 5.41) is 3.10. The van der Waals surface area contributed by atoms with Gasteiger partial charge >= 0.3 is 0 Å². The van der Waals surface area contributed by atoms with Crippen molar-refractivity contribution < 1.29 is 23.9 Å². The second-order valence-corrected chi connectivity index (χ2v) is 12.8. The van der Waals surface area contributed by atoms with E-state index in [1.54, 1.807) is 0 Å². The van der Waals surface area contributed by atoms with Gasteiger partial charge in [-0.3, -0.25) is 19.3 Å². The smallest absolute Gasteiger partial charge is 0.234 e. The summed E-state index contributed by atoms with van der Waals surface area (Å²) in [6.45, 7) is 10.4. The Hall–Kier alpha value is -2.71. The highest BCUT2D eigenvalue weighted by molar-refractivity contribution is 6.12. The van der Waals surface area contributed by atoms with Crippen molar-refractivity contribution in [2.45, 2.75) is 84.0 Å². The first-order valence-electron chi connectivity index (χ1n) is 16.2. The van der Waals surface area contributed by atoms with Gasteiger partial charge in [0.25, 0.3) is 0 Å². The number of para-hydroxylation sites is 2. The maximum atomic E-state index is 13.5. The third-order valence-electron chi connectivity index (χ3n) is 9.58. The molecule has 0 radical (unpaired) electrons.